The highest BCUT2D eigenvalue weighted by Gasteiger charge is 2.10. The molecule has 1 atom stereocenters. The maximum atomic E-state index is 13.3. The number of halogens is 1. The van der Waals surface area contributed by atoms with E-state index >= 15 is 0 Å². The number of anilines is 1. The van der Waals surface area contributed by atoms with Crippen LogP contribution in [0.1, 0.15) is 6.92 Å². The Morgan fingerprint density at radius 3 is 2.81 bits per heavy atom. The molecular weight excluding hydrogens is 213 g/mol. The molecule has 2 N–H and O–H groups in total. The van der Waals surface area contributed by atoms with Crippen molar-refractivity contribution in [3.05, 3.63) is 24.0 Å². The van der Waals surface area contributed by atoms with Gasteiger partial charge in [-0.15, -0.1) is 0 Å². The first-order valence-corrected chi connectivity index (χ1v) is 4.84. The maximum absolute atomic E-state index is 13.3. The smallest absolute Gasteiger partial charge is 0.308 e. The van der Waals surface area contributed by atoms with Crippen molar-refractivity contribution in [2.24, 2.45) is 5.92 Å². The summed E-state index contributed by atoms with van der Waals surface area (Å²) in [4.78, 5) is 10.6. The quantitative estimate of drug-likeness (QED) is 0.807. The van der Waals surface area contributed by atoms with Gasteiger partial charge in [-0.2, -0.15) is 0 Å². The lowest BCUT2D eigenvalue weighted by Gasteiger charge is -2.10. The number of rotatable bonds is 5. The second-order valence-corrected chi connectivity index (χ2v) is 3.47. The van der Waals surface area contributed by atoms with Crippen molar-refractivity contribution < 1.29 is 19.0 Å². The number of carboxylic acid groups (broad SMARTS) is 1. The van der Waals surface area contributed by atoms with Gasteiger partial charge in [0.2, 0.25) is 0 Å². The molecule has 0 saturated carbocycles. The Morgan fingerprint density at radius 2 is 2.31 bits per heavy atom. The van der Waals surface area contributed by atoms with Crippen LogP contribution in [0.25, 0.3) is 0 Å². The summed E-state index contributed by atoms with van der Waals surface area (Å²) in [7, 11) is 1.39. The second-order valence-electron chi connectivity index (χ2n) is 3.47. The van der Waals surface area contributed by atoms with Crippen LogP contribution in [0, 0.1) is 11.7 Å². The molecule has 0 aliphatic rings. The minimum Gasteiger partial charge on any atom is -0.494 e. The molecule has 0 bridgehead atoms. The third-order valence-corrected chi connectivity index (χ3v) is 2.19. The van der Waals surface area contributed by atoms with Crippen molar-refractivity contribution in [3.8, 4) is 5.75 Å². The molecule has 4 nitrogen and oxygen atoms in total. The van der Waals surface area contributed by atoms with E-state index in [0.717, 1.165) is 0 Å². The first-order valence-electron chi connectivity index (χ1n) is 4.84. The Morgan fingerprint density at radius 1 is 1.62 bits per heavy atom. The van der Waals surface area contributed by atoms with Gasteiger partial charge in [-0.05, 0) is 12.1 Å². The predicted molar refractivity (Wildman–Crippen MR) is 58.2 cm³/mol. The largest absolute Gasteiger partial charge is 0.494 e. The van der Waals surface area contributed by atoms with E-state index < -0.39 is 17.7 Å². The summed E-state index contributed by atoms with van der Waals surface area (Å²) in [6.45, 7) is 1.83. The molecule has 5 heteroatoms. The Kier molecular flexibility index (Phi) is 4.10. The Bertz CT molecular complexity index is 381. The summed E-state index contributed by atoms with van der Waals surface area (Å²) in [6, 6.07) is 4.40. The number of hydrogen-bond donors (Lipinski definition) is 2. The van der Waals surface area contributed by atoms with E-state index in [4.69, 9.17) is 9.84 Å². The average Bonchev–Trinajstić information content (AvgIpc) is 2.25. The van der Waals surface area contributed by atoms with E-state index in [1.165, 1.54) is 19.2 Å². The van der Waals surface area contributed by atoms with Gasteiger partial charge in [0.15, 0.2) is 11.6 Å². The number of ether oxygens (including phenoxy) is 1. The molecule has 0 spiro atoms. The van der Waals surface area contributed by atoms with Crippen LogP contribution < -0.4 is 10.1 Å². The third kappa shape index (κ3) is 3.12. The van der Waals surface area contributed by atoms with Crippen LogP contribution in [0.2, 0.25) is 0 Å². The lowest BCUT2D eigenvalue weighted by molar-refractivity contribution is -0.140. The number of methoxy groups -OCH3 is 1. The molecule has 88 valence electrons. The van der Waals surface area contributed by atoms with Crippen LogP contribution in [-0.2, 0) is 4.79 Å². The summed E-state index contributed by atoms with van der Waals surface area (Å²) >= 11 is 0. The molecule has 0 aliphatic carbocycles. The van der Waals surface area contributed by atoms with Crippen molar-refractivity contribution in [3.63, 3.8) is 0 Å². The molecule has 1 unspecified atom stereocenters. The molecule has 0 aromatic heterocycles. The van der Waals surface area contributed by atoms with Crippen molar-refractivity contribution in [1.29, 1.82) is 0 Å². The van der Waals surface area contributed by atoms with Gasteiger partial charge in [-0.25, -0.2) is 4.39 Å². The molecule has 0 aliphatic heterocycles. The Hall–Kier alpha value is -1.78. The molecule has 1 aromatic rings. The lowest BCUT2D eigenvalue weighted by atomic mass is 10.2. The molecule has 0 fully saturated rings. The number of carboxylic acids is 1. The summed E-state index contributed by atoms with van der Waals surface area (Å²) < 4.78 is 18.0. The number of benzene rings is 1. The standard InChI is InChI=1S/C11H14FNO3/c1-7(11(14)15)6-13-8-3-4-10(16-2)9(12)5-8/h3-5,7,13H,6H2,1-2H3,(H,14,15). The fourth-order valence-electron chi connectivity index (χ4n) is 1.13. The number of hydrogen-bond acceptors (Lipinski definition) is 3. The van der Waals surface area contributed by atoms with Crippen LogP contribution in [0.5, 0.6) is 5.75 Å². The van der Waals surface area contributed by atoms with Gasteiger partial charge in [-0.1, -0.05) is 6.92 Å². The lowest BCUT2D eigenvalue weighted by Crippen LogP contribution is -2.19. The zero-order valence-electron chi connectivity index (χ0n) is 9.16. The molecule has 0 heterocycles. The van der Waals surface area contributed by atoms with Crippen LogP contribution in [0.15, 0.2) is 18.2 Å². The van der Waals surface area contributed by atoms with E-state index in [1.54, 1.807) is 13.0 Å². The highest BCUT2D eigenvalue weighted by atomic mass is 19.1. The zero-order valence-corrected chi connectivity index (χ0v) is 9.16. The molecule has 0 saturated heterocycles. The van der Waals surface area contributed by atoms with Crippen LogP contribution in [0.4, 0.5) is 10.1 Å². The van der Waals surface area contributed by atoms with Gasteiger partial charge in [0.05, 0.1) is 13.0 Å². The van der Waals surface area contributed by atoms with Gasteiger partial charge < -0.3 is 15.2 Å². The summed E-state index contributed by atoms with van der Waals surface area (Å²) in [5.41, 5.74) is 0.534. The van der Waals surface area contributed by atoms with Crippen molar-refractivity contribution in [2.45, 2.75) is 6.92 Å². The highest BCUT2D eigenvalue weighted by Crippen LogP contribution is 2.20. The van der Waals surface area contributed by atoms with Crippen LogP contribution in [0.3, 0.4) is 0 Å². The van der Waals surface area contributed by atoms with Gasteiger partial charge in [0.1, 0.15) is 0 Å². The minimum absolute atomic E-state index is 0.164. The number of carbonyl (C=O) groups is 1. The molecule has 0 radical (unpaired) electrons. The fraction of sp³-hybridized carbons (Fsp3) is 0.364. The summed E-state index contributed by atoms with van der Waals surface area (Å²) in [6.07, 6.45) is 0. The van der Waals surface area contributed by atoms with Gasteiger partial charge in [0.25, 0.3) is 0 Å². The summed E-state index contributed by atoms with van der Waals surface area (Å²) in [5, 5.41) is 11.5. The maximum Gasteiger partial charge on any atom is 0.308 e. The van der Waals surface area contributed by atoms with Gasteiger partial charge in [0, 0.05) is 18.3 Å². The summed E-state index contributed by atoms with van der Waals surface area (Å²) in [5.74, 6) is -1.72. The van der Waals surface area contributed by atoms with Gasteiger partial charge >= 0.3 is 5.97 Å². The first kappa shape index (κ1) is 12.3. The topological polar surface area (TPSA) is 58.6 Å². The minimum atomic E-state index is -0.888. The molecule has 16 heavy (non-hydrogen) atoms. The van der Waals surface area contributed by atoms with E-state index in [0.29, 0.717) is 5.69 Å². The van der Waals surface area contributed by atoms with Gasteiger partial charge in [-0.3, -0.25) is 4.79 Å². The molecular formula is C11H14FNO3. The molecule has 0 amide bonds. The zero-order chi connectivity index (χ0) is 12.1. The van der Waals surface area contributed by atoms with Crippen molar-refractivity contribution >= 4 is 11.7 Å². The Labute approximate surface area is 93.0 Å². The first-order chi connectivity index (χ1) is 7.54. The fourth-order valence-corrected chi connectivity index (χ4v) is 1.13. The highest BCUT2D eigenvalue weighted by molar-refractivity contribution is 5.70. The van der Waals surface area contributed by atoms with Crippen molar-refractivity contribution in [1.82, 2.24) is 0 Å². The van der Waals surface area contributed by atoms with E-state index in [-0.39, 0.29) is 12.3 Å². The monoisotopic (exact) mass is 227 g/mol. The molecule has 1 rings (SSSR count). The number of aliphatic carboxylic acids is 1. The van der Waals surface area contributed by atoms with E-state index in [2.05, 4.69) is 5.32 Å². The van der Waals surface area contributed by atoms with Crippen LogP contribution >= 0.6 is 0 Å². The van der Waals surface area contributed by atoms with E-state index in [1.807, 2.05) is 0 Å². The number of nitrogens with one attached hydrogen (secondary N) is 1. The van der Waals surface area contributed by atoms with Crippen molar-refractivity contribution in [2.75, 3.05) is 19.0 Å². The third-order valence-electron chi connectivity index (χ3n) is 2.19. The Balaban J connectivity index is 2.62. The average molecular weight is 227 g/mol. The van der Waals surface area contributed by atoms with E-state index in [9.17, 15) is 9.18 Å². The SMILES string of the molecule is COc1ccc(NCC(C)C(=O)O)cc1F. The predicted octanol–water partition coefficient (Wildman–Crippen LogP) is 1.97. The van der Waals surface area contributed by atoms with Crippen LogP contribution in [-0.4, -0.2) is 24.7 Å². The normalized spacial score (nSPS) is 11.9. The second kappa shape index (κ2) is 5.34. The molecule has 1 aromatic carbocycles.